The van der Waals surface area contributed by atoms with Gasteiger partial charge in [0.05, 0.1) is 13.2 Å². The van der Waals surface area contributed by atoms with Gasteiger partial charge in [-0.25, -0.2) is 0 Å². The molecule has 4 rings (SSSR count). The van der Waals surface area contributed by atoms with Gasteiger partial charge in [0.2, 0.25) is 0 Å². The number of esters is 1. The average Bonchev–Trinajstić information content (AvgIpc) is 3.03. The van der Waals surface area contributed by atoms with Crippen LogP contribution in [0.1, 0.15) is 72.1 Å². The van der Waals surface area contributed by atoms with Gasteiger partial charge in [-0.1, -0.05) is 44.6 Å². The second kappa shape index (κ2) is 7.16. The smallest absolute Gasteiger partial charge is 0.305 e. The van der Waals surface area contributed by atoms with Crippen LogP contribution in [-0.2, 0) is 9.53 Å². The zero-order valence-electron chi connectivity index (χ0n) is 18.0. The monoisotopic (exact) mass is 384 g/mol. The third-order valence-corrected chi connectivity index (χ3v) is 8.76. The van der Waals surface area contributed by atoms with Gasteiger partial charge in [-0.05, 0) is 79.3 Å². The van der Waals surface area contributed by atoms with Gasteiger partial charge in [-0.3, -0.25) is 4.79 Å². The number of hydrogen-bond donors (Lipinski definition) is 1. The Morgan fingerprint density at radius 1 is 1.29 bits per heavy atom. The first-order valence-electron chi connectivity index (χ1n) is 11.2. The Hall–Kier alpha value is -1.35. The van der Waals surface area contributed by atoms with E-state index < -0.39 is 0 Å². The summed E-state index contributed by atoms with van der Waals surface area (Å²) >= 11 is 0. The average molecular weight is 385 g/mol. The minimum atomic E-state index is -0.171. The first-order chi connectivity index (χ1) is 13.3. The van der Waals surface area contributed by atoms with E-state index in [1.54, 1.807) is 11.1 Å². The Labute approximate surface area is 169 Å². The van der Waals surface area contributed by atoms with Gasteiger partial charge in [0, 0.05) is 11.8 Å². The Kier molecular flexibility index (Phi) is 5.10. The van der Waals surface area contributed by atoms with E-state index in [0.717, 1.165) is 32.1 Å². The SMILES string of the molecule is COC(=O)CC[C@@H](C)C1CCC2C3=CC=C4C[C@@H](O)CC[C@]4(C)C3=CC[C@@]21C. The number of aliphatic hydroxyl groups is 1. The summed E-state index contributed by atoms with van der Waals surface area (Å²) in [6.45, 7) is 7.22. The number of carbonyl (C=O) groups is 1. The normalized spacial score (nSPS) is 40.3. The topological polar surface area (TPSA) is 46.5 Å². The van der Waals surface area contributed by atoms with Crippen molar-refractivity contribution in [1.29, 1.82) is 0 Å². The van der Waals surface area contributed by atoms with Crippen LogP contribution in [-0.4, -0.2) is 24.3 Å². The molecule has 0 spiro atoms. The Balaban J connectivity index is 1.59. The van der Waals surface area contributed by atoms with Crippen LogP contribution in [0.3, 0.4) is 0 Å². The first-order valence-corrected chi connectivity index (χ1v) is 11.2. The van der Waals surface area contributed by atoms with Crippen LogP contribution < -0.4 is 0 Å². The van der Waals surface area contributed by atoms with E-state index >= 15 is 0 Å². The van der Waals surface area contributed by atoms with E-state index in [4.69, 9.17) is 4.74 Å². The fourth-order valence-electron chi connectivity index (χ4n) is 6.98. The molecule has 3 heteroatoms. The molecule has 4 aliphatic rings. The second-order valence-electron chi connectivity index (χ2n) is 10.2. The highest BCUT2D eigenvalue weighted by atomic mass is 16.5. The van der Waals surface area contributed by atoms with Crippen molar-refractivity contribution in [2.75, 3.05) is 7.11 Å². The zero-order valence-corrected chi connectivity index (χ0v) is 18.0. The molecule has 0 aromatic carbocycles. The summed E-state index contributed by atoms with van der Waals surface area (Å²) in [4.78, 5) is 11.6. The van der Waals surface area contributed by atoms with Gasteiger partial charge in [0.1, 0.15) is 0 Å². The maximum absolute atomic E-state index is 11.6. The highest BCUT2D eigenvalue weighted by Crippen LogP contribution is 2.64. The van der Waals surface area contributed by atoms with Crippen molar-refractivity contribution in [3.05, 3.63) is 34.9 Å². The van der Waals surface area contributed by atoms with Gasteiger partial charge in [-0.2, -0.15) is 0 Å². The molecule has 4 aliphatic carbocycles. The quantitative estimate of drug-likeness (QED) is 0.664. The summed E-state index contributed by atoms with van der Waals surface area (Å²) in [6.07, 6.45) is 15.0. The third kappa shape index (κ3) is 3.01. The van der Waals surface area contributed by atoms with Gasteiger partial charge in [0.25, 0.3) is 0 Å². The molecule has 28 heavy (non-hydrogen) atoms. The fraction of sp³-hybridized carbons (Fsp3) is 0.720. The molecule has 0 aromatic heterocycles. The number of rotatable bonds is 4. The molecular weight excluding hydrogens is 348 g/mol. The molecule has 0 aromatic rings. The van der Waals surface area contributed by atoms with Crippen LogP contribution in [0.5, 0.6) is 0 Å². The molecule has 0 bridgehead atoms. The second-order valence-corrected chi connectivity index (χ2v) is 10.2. The Morgan fingerprint density at radius 2 is 2.07 bits per heavy atom. The maximum Gasteiger partial charge on any atom is 0.305 e. The molecule has 0 saturated heterocycles. The van der Waals surface area contributed by atoms with E-state index in [-0.39, 0.29) is 17.5 Å². The molecular formula is C25H36O3. The van der Waals surface area contributed by atoms with E-state index in [1.165, 1.54) is 25.5 Å². The predicted molar refractivity (Wildman–Crippen MR) is 112 cm³/mol. The lowest BCUT2D eigenvalue weighted by Gasteiger charge is -2.50. The Bertz CT molecular complexity index is 745. The van der Waals surface area contributed by atoms with Crippen molar-refractivity contribution >= 4 is 5.97 Å². The van der Waals surface area contributed by atoms with Crippen LogP contribution in [0.2, 0.25) is 0 Å². The van der Waals surface area contributed by atoms with E-state index in [1.807, 2.05) is 0 Å². The van der Waals surface area contributed by atoms with Crippen molar-refractivity contribution in [3.63, 3.8) is 0 Å². The van der Waals surface area contributed by atoms with Crippen molar-refractivity contribution in [3.8, 4) is 0 Å². The predicted octanol–water partition coefficient (Wildman–Crippen LogP) is 5.36. The van der Waals surface area contributed by atoms with E-state index in [0.29, 0.717) is 29.6 Å². The number of aliphatic hydroxyl groups excluding tert-OH is 1. The summed E-state index contributed by atoms with van der Waals surface area (Å²) in [5.41, 5.74) is 4.96. The lowest BCUT2D eigenvalue weighted by Crippen LogP contribution is -2.41. The van der Waals surface area contributed by atoms with E-state index in [9.17, 15) is 9.90 Å². The molecule has 3 nitrogen and oxygen atoms in total. The van der Waals surface area contributed by atoms with E-state index in [2.05, 4.69) is 39.0 Å². The third-order valence-electron chi connectivity index (χ3n) is 8.76. The maximum atomic E-state index is 11.6. The minimum absolute atomic E-state index is 0.0857. The lowest BCUT2D eigenvalue weighted by atomic mass is 9.54. The van der Waals surface area contributed by atoms with Crippen molar-refractivity contribution < 1.29 is 14.6 Å². The van der Waals surface area contributed by atoms with Gasteiger partial charge in [-0.15, -0.1) is 0 Å². The van der Waals surface area contributed by atoms with Gasteiger partial charge >= 0.3 is 5.97 Å². The van der Waals surface area contributed by atoms with Crippen LogP contribution in [0.4, 0.5) is 0 Å². The number of methoxy groups -OCH3 is 1. The molecule has 2 unspecified atom stereocenters. The van der Waals surface area contributed by atoms with Crippen LogP contribution in [0, 0.1) is 28.6 Å². The standard InChI is InChI=1S/C25H36O3/c1-16(5-10-23(27)28-4)20-8-9-21-19-7-6-17-15-18(26)11-13-24(17,2)22(19)12-14-25(20,21)3/h6-7,12,16,18,20-21,26H,5,8-11,13-15H2,1-4H3/t16-,18+,20?,21?,24+,25-/m1/s1. The minimum Gasteiger partial charge on any atom is -0.469 e. The molecule has 0 aliphatic heterocycles. The van der Waals surface area contributed by atoms with Gasteiger partial charge < -0.3 is 9.84 Å². The number of ether oxygens (including phenoxy) is 1. The molecule has 2 saturated carbocycles. The van der Waals surface area contributed by atoms with Crippen LogP contribution in [0.15, 0.2) is 34.9 Å². The number of hydrogen-bond acceptors (Lipinski definition) is 3. The van der Waals surface area contributed by atoms with Crippen LogP contribution >= 0.6 is 0 Å². The van der Waals surface area contributed by atoms with Crippen molar-refractivity contribution in [2.45, 2.75) is 78.2 Å². The number of carbonyl (C=O) groups excluding carboxylic acids is 1. The highest BCUT2D eigenvalue weighted by Gasteiger charge is 2.54. The van der Waals surface area contributed by atoms with Crippen LogP contribution in [0.25, 0.3) is 0 Å². The zero-order chi connectivity index (χ0) is 20.1. The summed E-state index contributed by atoms with van der Waals surface area (Å²) in [6, 6.07) is 0. The van der Waals surface area contributed by atoms with Crippen molar-refractivity contribution in [2.24, 2.45) is 28.6 Å². The summed E-state index contributed by atoms with van der Waals surface area (Å²) in [7, 11) is 1.48. The molecule has 0 amide bonds. The van der Waals surface area contributed by atoms with Gasteiger partial charge in [0.15, 0.2) is 0 Å². The number of allylic oxidation sites excluding steroid dienone is 5. The molecule has 2 fully saturated rings. The summed E-state index contributed by atoms with van der Waals surface area (Å²) in [5, 5.41) is 10.1. The largest absolute Gasteiger partial charge is 0.469 e. The summed E-state index contributed by atoms with van der Waals surface area (Å²) < 4.78 is 4.85. The molecule has 154 valence electrons. The number of fused-ring (bicyclic) bond motifs is 5. The highest BCUT2D eigenvalue weighted by molar-refractivity contribution is 5.69. The fourth-order valence-corrected chi connectivity index (χ4v) is 6.98. The summed E-state index contributed by atoms with van der Waals surface area (Å²) in [5.74, 6) is 1.74. The Morgan fingerprint density at radius 3 is 2.82 bits per heavy atom. The lowest BCUT2D eigenvalue weighted by molar-refractivity contribution is -0.141. The van der Waals surface area contributed by atoms with Crippen molar-refractivity contribution in [1.82, 2.24) is 0 Å². The molecule has 1 N–H and O–H groups in total. The molecule has 6 atom stereocenters. The first kappa shape index (κ1) is 19.9. The molecule has 0 radical (unpaired) electrons. The molecule has 0 heterocycles.